The highest BCUT2D eigenvalue weighted by molar-refractivity contribution is 7.89. The van der Waals surface area contributed by atoms with E-state index in [-0.39, 0.29) is 16.0 Å². The molecule has 40 heavy (non-hydrogen) atoms. The number of ether oxygens (including phenoxy) is 1. The van der Waals surface area contributed by atoms with Gasteiger partial charge in [0.2, 0.25) is 10.0 Å². The Kier molecular flexibility index (Phi) is 8.02. The average molecular weight is 566 g/mol. The molecule has 0 unspecified atom stereocenters. The largest absolute Gasteiger partial charge is 0.493 e. The molecule has 4 aromatic rings. The van der Waals surface area contributed by atoms with Gasteiger partial charge in [0, 0.05) is 39.4 Å². The van der Waals surface area contributed by atoms with E-state index in [1.165, 1.54) is 8.87 Å². The molecule has 0 spiro atoms. The number of hydrogen-bond donors (Lipinski definition) is 0. The number of pyridine rings is 1. The molecule has 11 nitrogen and oxygen atoms in total. The van der Waals surface area contributed by atoms with Crippen LogP contribution in [0, 0.1) is 0 Å². The van der Waals surface area contributed by atoms with Crippen LogP contribution < -0.4 is 10.3 Å². The molecule has 0 aliphatic carbocycles. The second kappa shape index (κ2) is 11.5. The summed E-state index contributed by atoms with van der Waals surface area (Å²) >= 11 is 0. The number of piperazine rings is 1. The Bertz CT molecular complexity index is 1670. The molecule has 1 aliphatic rings. The van der Waals surface area contributed by atoms with Crippen molar-refractivity contribution in [3.63, 3.8) is 0 Å². The van der Waals surface area contributed by atoms with Crippen molar-refractivity contribution in [3.05, 3.63) is 58.6 Å². The molecule has 1 saturated heterocycles. The third-order valence-corrected chi connectivity index (χ3v) is 9.15. The van der Waals surface area contributed by atoms with Gasteiger partial charge in [-0.2, -0.15) is 9.40 Å². The third kappa shape index (κ3) is 5.02. The van der Waals surface area contributed by atoms with Gasteiger partial charge in [0.1, 0.15) is 17.1 Å². The third-order valence-electron chi connectivity index (χ3n) is 7.26. The first kappa shape index (κ1) is 27.9. The van der Waals surface area contributed by atoms with E-state index in [9.17, 15) is 13.2 Å². The van der Waals surface area contributed by atoms with Crippen LogP contribution in [-0.2, 0) is 23.5 Å². The first-order chi connectivity index (χ1) is 19.3. The molecule has 1 aliphatic heterocycles. The van der Waals surface area contributed by atoms with E-state index in [1.54, 1.807) is 36.1 Å². The Balaban J connectivity index is 1.68. The van der Waals surface area contributed by atoms with Gasteiger partial charge in [-0.1, -0.05) is 26.3 Å². The zero-order valence-electron chi connectivity index (χ0n) is 23.4. The lowest BCUT2D eigenvalue weighted by molar-refractivity contribution is 0.196. The average Bonchev–Trinajstić information content (AvgIpc) is 3.34. The summed E-state index contributed by atoms with van der Waals surface area (Å²) in [7, 11) is -2.14. The standard InChI is InChI=1S/C28H35N7O4S/c1-5-10-22-25-26(31-35(22)24-11-8-9-14-29-24)28(36)32(4)27(30-25)21-19-20(12-13-23(21)39-7-3)40(37,38)34-17-15-33(6-2)16-18-34/h8-9,11-14,19H,5-7,10,15-18H2,1-4H3. The number of nitrogens with zero attached hydrogens (tertiary/aromatic N) is 7. The number of aromatic nitrogens is 5. The maximum Gasteiger partial charge on any atom is 0.281 e. The minimum atomic E-state index is -3.76. The van der Waals surface area contributed by atoms with E-state index >= 15 is 0 Å². The Morgan fingerprint density at radius 1 is 1.00 bits per heavy atom. The van der Waals surface area contributed by atoms with E-state index in [4.69, 9.17) is 9.72 Å². The molecule has 1 fully saturated rings. The second-order valence-electron chi connectivity index (χ2n) is 9.72. The predicted octanol–water partition coefficient (Wildman–Crippen LogP) is 2.86. The molecule has 1 aromatic carbocycles. The Hall–Kier alpha value is -3.61. The van der Waals surface area contributed by atoms with Gasteiger partial charge in [0.15, 0.2) is 11.3 Å². The number of likely N-dealkylation sites (N-methyl/N-ethyl adjacent to an activating group) is 1. The zero-order valence-corrected chi connectivity index (χ0v) is 24.2. The number of benzene rings is 1. The molecular weight excluding hydrogens is 530 g/mol. The van der Waals surface area contributed by atoms with E-state index in [0.717, 1.165) is 18.7 Å². The van der Waals surface area contributed by atoms with Gasteiger partial charge < -0.3 is 9.64 Å². The first-order valence-corrected chi connectivity index (χ1v) is 15.1. The number of rotatable bonds is 9. The molecule has 5 rings (SSSR count). The summed E-state index contributed by atoms with van der Waals surface area (Å²) in [5.41, 5.74) is 1.57. The van der Waals surface area contributed by atoms with Gasteiger partial charge in [-0.15, -0.1) is 0 Å². The molecule has 0 saturated carbocycles. The summed E-state index contributed by atoms with van der Waals surface area (Å²) in [5, 5.41) is 4.61. The molecule has 0 atom stereocenters. The van der Waals surface area contributed by atoms with Crippen LogP contribution in [0.15, 0.2) is 52.3 Å². The summed E-state index contributed by atoms with van der Waals surface area (Å²) in [5.74, 6) is 1.36. The number of hydrogen-bond acceptors (Lipinski definition) is 8. The van der Waals surface area contributed by atoms with Gasteiger partial charge >= 0.3 is 0 Å². The number of aryl methyl sites for hydroxylation is 1. The summed E-state index contributed by atoms with van der Waals surface area (Å²) < 4.78 is 37.8. The maximum absolute atomic E-state index is 13.7. The van der Waals surface area contributed by atoms with Crippen molar-refractivity contribution in [2.75, 3.05) is 39.3 Å². The lowest BCUT2D eigenvalue weighted by Crippen LogP contribution is -2.48. The topological polar surface area (TPSA) is 115 Å². The van der Waals surface area contributed by atoms with Gasteiger partial charge in [-0.25, -0.2) is 23.1 Å². The quantitative estimate of drug-likeness (QED) is 0.304. The van der Waals surface area contributed by atoms with Crippen molar-refractivity contribution in [1.29, 1.82) is 0 Å². The van der Waals surface area contributed by atoms with Crippen LogP contribution in [0.5, 0.6) is 5.75 Å². The van der Waals surface area contributed by atoms with Crippen LogP contribution in [0.4, 0.5) is 0 Å². The number of fused-ring (bicyclic) bond motifs is 1. The molecule has 12 heteroatoms. The number of sulfonamides is 1. The SMILES string of the molecule is CCCc1c2nc(-c3cc(S(=O)(=O)N4CCN(CC)CC4)ccc3OCC)n(C)c(=O)c2nn1-c1ccccn1. The van der Waals surface area contributed by atoms with Gasteiger partial charge in [0.05, 0.1) is 22.8 Å². The summed E-state index contributed by atoms with van der Waals surface area (Å²) in [6.07, 6.45) is 3.11. The van der Waals surface area contributed by atoms with Gasteiger partial charge in [-0.3, -0.25) is 9.36 Å². The van der Waals surface area contributed by atoms with Crippen molar-refractivity contribution in [1.82, 2.24) is 33.5 Å². The van der Waals surface area contributed by atoms with E-state index in [1.807, 2.05) is 32.0 Å². The lowest BCUT2D eigenvalue weighted by atomic mass is 10.1. The second-order valence-corrected chi connectivity index (χ2v) is 11.7. The van der Waals surface area contributed by atoms with Crippen molar-refractivity contribution in [3.8, 4) is 23.0 Å². The molecule has 3 aromatic heterocycles. The van der Waals surface area contributed by atoms with E-state index in [2.05, 4.69) is 21.9 Å². The normalized spacial score (nSPS) is 15.1. The van der Waals surface area contributed by atoms with Crippen molar-refractivity contribution in [2.24, 2.45) is 7.05 Å². The fourth-order valence-corrected chi connectivity index (χ4v) is 6.52. The monoisotopic (exact) mass is 565 g/mol. The van der Waals surface area contributed by atoms with Crippen LogP contribution in [-0.4, -0.2) is 81.3 Å². The van der Waals surface area contributed by atoms with Crippen LogP contribution in [0.3, 0.4) is 0 Å². The van der Waals surface area contributed by atoms with Gasteiger partial charge in [0.25, 0.3) is 5.56 Å². The Labute approximate surface area is 234 Å². The maximum atomic E-state index is 13.7. The van der Waals surface area contributed by atoms with Crippen LogP contribution >= 0.6 is 0 Å². The highest BCUT2D eigenvalue weighted by atomic mass is 32.2. The highest BCUT2D eigenvalue weighted by Crippen LogP contribution is 2.33. The molecule has 0 bridgehead atoms. The molecule has 212 valence electrons. The minimum absolute atomic E-state index is 0.142. The van der Waals surface area contributed by atoms with E-state index < -0.39 is 10.0 Å². The lowest BCUT2D eigenvalue weighted by Gasteiger charge is -2.33. The first-order valence-electron chi connectivity index (χ1n) is 13.7. The summed E-state index contributed by atoms with van der Waals surface area (Å²) in [6.45, 7) is 9.46. The summed E-state index contributed by atoms with van der Waals surface area (Å²) in [4.78, 5) is 25.4. The molecule has 0 amide bonds. The molecule has 0 radical (unpaired) electrons. The van der Waals surface area contributed by atoms with Crippen molar-refractivity contribution < 1.29 is 13.2 Å². The Morgan fingerprint density at radius 2 is 1.77 bits per heavy atom. The van der Waals surface area contributed by atoms with Crippen molar-refractivity contribution >= 4 is 21.1 Å². The van der Waals surface area contributed by atoms with Crippen LogP contribution in [0.1, 0.15) is 32.9 Å². The minimum Gasteiger partial charge on any atom is -0.493 e. The predicted molar refractivity (Wildman–Crippen MR) is 153 cm³/mol. The van der Waals surface area contributed by atoms with Crippen molar-refractivity contribution in [2.45, 2.75) is 38.5 Å². The molecule has 0 N–H and O–H groups in total. The molecule has 4 heterocycles. The smallest absolute Gasteiger partial charge is 0.281 e. The Morgan fingerprint density at radius 3 is 2.42 bits per heavy atom. The fourth-order valence-electron chi connectivity index (χ4n) is 5.07. The van der Waals surface area contributed by atoms with E-state index in [0.29, 0.717) is 67.7 Å². The van der Waals surface area contributed by atoms with Crippen LogP contribution in [0.2, 0.25) is 0 Å². The van der Waals surface area contributed by atoms with Gasteiger partial charge in [-0.05, 0) is 50.2 Å². The highest BCUT2D eigenvalue weighted by Gasteiger charge is 2.30. The zero-order chi connectivity index (χ0) is 28.4. The van der Waals surface area contributed by atoms with Crippen LogP contribution in [0.25, 0.3) is 28.2 Å². The molecular formula is C28H35N7O4S. The summed E-state index contributed by atoms with van der Waals surface area (Å²) in [6, 6.07) is 10.3. The fraction of sp³-hybridized carbons (Fsp3) is 0.429.